The first kappa shape index (κ1) is 17.2. The van der Waals surface area contributed by atoms with Crippen LogP contribution >= 0.6 is 27.7 Å². The summed E-state index contributed by atoms with van der Waals surface area (Å²) in [5.41, 5.74) is -2.96. The predicted octanol–water partition coefficient (Wildman–Crippen LogP) is 5.00. The van der Waals surface area contributed by atoms with E-state index >= 15 is 0 Å². The number of hydrogen-bond donors (Lipinski definition) is 1. The van der Waals surface area contributed by atoms with Gasteiger partial charge in [0.05, 0.1) is 0 Å². The summed E-state index contributed by atoms with van der Waals surface area (Å²) < 4.78 is 37.8. The molecule has 1 saturated carbocycles. The fraction of sp³-hybridized carbons (Fsp3) is 0.600. The van der Waals surface area contributed by atoms with E-state index in [2.05, 4.69) is 21.2 Å². The Morgan fingerprint density at radius 3 is 2.62 bits per heavy atom. The van der Waals surface area contributed by atoms with E-state index in [0.717, 1.165) is 23.0 Å². The Balaban J connectivity index is 1.86. The van der Waals surface area contributed by atoms with Crippen LogP contribution in [0.25, 0.3) is 0 Å². The van der Waals surface area contributed by atoms with E-state index in [1.54, 1.807) is 0 Å². The van der Waals surface area contributed by atoms with Gasteiger partial charge in [-0.25, -0.2) is 0 Å². The average Bonchev–Trinajstić information content (AvgIpc) is 3.21. The van der Waals surface area contributed by atoms with Gasteiger partial charge in [-0.1, -0.05) is 45.9 Å². The average molecular weight is 382 g/mol. The van der Waals surface area contributed by atoms with E-state index in [9.17, 15) is 13.2 Å². The lowest BCUT2D eigenvalue weighted by atomic mass is 9.97. The summed E-state index contributed by atoms with van der Waals surface area (Å²) >= 11 is 3.60. The van der Waals surface area contributed by atoms with Crippen molar-refractivity contribution in [3.05, 3.63) is 34.3 Å². The van der Waals surface area contributed by atoms with Gasteiger partial charge in [0.15, 0.2) is 0 Å². The fourth-order valence-electron chi connectivity index (χ4n) is 2.21. The predicted molar refractivity (Wildman–Crippen MR) is 85.5 cm³/mol. The number of halogens is 4. The van der Waals surface area contributed by atoms with E-state index < -0.39 is 5.51 Å². The van der Waals surface area contributed by atoms with Gasteiger partial charge in [-0.15, -0.1) is 0 Å². The maximum absolute atomic E-state index is 12.3. The van der Waals surface area contributed by atoms with Crippen molar-refractivity contribution in [1.29, 1.82) is 0 Å². The Labute approximate surface area is 136 Å². The highest BCUT2D eigenvalue weighted by Crippen LogP contribution is 2.32. The molecule has 0 aromatic heterocycles. The molecule has 0 spiro atoms. The Hall–Kier alpha value is -0.200. The molecule has 1 aliphatic carbocycles. The highest BCUT2D eigenvalue weighted by molar-refractivity contribution is 9.10. The summed E-state index contributed by atoms with van der Waals surface area (Å²) in [5, 5.41) is 3.44. The van der Waals surface area contributed by atoms with Gasteiger partial charge in [0.1, 0.15) is 0 Å². The fourth-order valence-corrected chi connectivity index (χ4v) is 3.34. The first-order valence-electron chi connectivity index (χ1n) is 7.11. The van der Waals surface area contributed by atoms with Crippen LogP contribution in [0.15, 0.2) is 28.7 Å². The minimum absolute atomic E-state index is 0.0870. The lowest BCUT2D eigenvalue weighted by Gasteiger charge is -2.19. The number of hydrogen-bond acceptors (Lipinski definition) is 2. The van der Waals surface area contributed by atoms with E-state index in [4.69, 9.17) is 0 Å². The van der Waals surface area contributed by atoms with Crippen LogP contribution in [0.3, 0.4) is 0 Å². The van der Waals surface area contributed by atoms with Gasteiger partial charge in [0.25, 0.3) is 0 Å². The van der Waals surface area contributed by atoms with Crippen molar-refractivity contribution in [2.75, 3.05) is 12.3 Å². The van der Waals surface area contributed by atoms with Crippen molar-refractivity contribution in [3.8, 4) is 0 Å². The van der Waals surface area contributed by atoms with Crippen molar-refractivity contribution in [3.63, 3.8) is 0 Å². The molecule has 1 nitrogen and oxygen atoms in total. The molecule has 0 aliphatic heterocycles. The molecule has 1 atom stereocenters. The Bertz CT molecular complexity index is 449. The molecule has 2 rings (SSSR count). The normalized spacial score (nSPS) is 17.0. The molecule has 1 N–H and O–H groups in total. The van der Waals surface area contributed by atoms with E-state index in [0.29, 0.717) is 12.5 Å². The quantitative estimate of drug-likeness (QED) is 0.679. The third-order valence-corrected chi connectivity index (χ3v) is 5.07. The van der Waals surface area contributed by atoms with Crippen LogP contribution in [0.2, 0.25) is 0 Å². The lowest BCUT2D eigenvalue weighted by Crippen LogP contribution is -2.27. The molecule has 118 valence electrons. The highest BCUT2D eigenvalue weighted by atomic mass is 79.9. The third kappa shape index (κ3) is 7.06. The largest absolute Gasteiger partial charge is 0.441 e. The van der Waals surface area contributed by atoms with Gasteiger partial charge in [-0.2, -0.15) is 13.2 Å². The molecule has 0 heterocycles. The second-order valence-electron chi connectivity index (χ2n) is 5.43. The van der Waals surface area contributed by atoms with E-state index in [-0.39, 0.29) is 23.4 Å². The molecule has 0 saturated heterocycles. The third-order valence-electron chi connectivity index (χ3n) is 3.53. The number of benzene rings is 1. The summed E-state index contributed by atoms with van der Waals surface area (Å²) in [6.45, 7) is 0.796. The van der Waals surface area contributed by atoms with Gasteiger partial charge in [0, 0.05) is 16.3 Å². The zero-order valence-electron chi connectivity index (χ0n) is 11.6. The van der Waals surface area contributed by atoms with Crippen molar-refractivity contribution >= 4 is 27.7 Å². The maximum atomic E-state index is 12.3. The monoisotopic (exact) mass is 381 g/mol. The summed E-state index contributed by atoms with van der Waals surface area (Å²) in [4.78, 5) is 0. The Morgan fingerprint density at radius 2 is 2.00 bits per heavy atom. The van der Waals surface area contributed by atoms with Gasteiger partial charge in [0.2, 0.25) is 0 Å². The summed E-state index contributed by atoms with van der Waals surface area (Å²) in [6.07, 6.45) is 3.77. The van der Waals surface area contributed by atoms with Crippen molar-refractivity contribution in [2.24, 2.45) is 5.92 Å². The molecular weight excluding hydrogens is 363 g/mol. The van der Waals surface area contributed by atoms with E-state index in [1.807, 2.05) is 24.3 Å². The highest BCUT2D eigenvalue weighted by Gasteiger charge is 2.28. The number of alkyl halides is 3. The van der Waals surface area contributed by atoms with Gasteiger partial charge >= 0.3 is 5.51 Å². The van der Waals surface area contributed by atoms with Crippen LogP contribution in [0.4, 0.5) is 13.2 Å². The van der Waals surface area contributed by atoms with Gasteiger partial charge < -0.3 is 5.32 Å². The molecule has 1 aliphatic rings. The smallest absolute Gasteiger partial charge is 0.314 e. The summed E-state index contributed by atoms with van der Waals surface area (Å²) in [6, 6.07) is 8.51. The van der Waals surface area contributed by atoms with Crippen LogP contribution in [-0.2, 0) is 6.42 Å². The molecule has 1 unspecified atom stereocenters. The second-order valence-corrected chi connectivity index (χ2v) is 7.44. The van der Waals surface area contributed by atoms with Crippen LogP contribution < -0.4 is 5.32 Å². The number of nitrogens with one attached hydrogen (secondary N) is 1. The van der Waals surface area contributed by atoms with Crippen LogP contribution in [0.1, 0.15) is 24.8 Å². The van der Waals surface area contributed by atoms with Crippen LogP contribution in [0.5, 0.6) is 0 Å². The Morgan fingerprint density at radius 1 is 1.29 bits per heavy atom. The first-order chi connectivity index (χ1) is 9.94. The first-order valence-corrected chi connectivity index (χ1v) is 8.89. The second kappa shape index (κ2) is 7.88. The summed E-state index contributed by atoms with van der Waals surface area (Å²) in [5.74, 6) is 0.365. The minimum atomic E-state index is -4.12. The maximum Gasteiger partial charge on any atom is 0.441 e. The molecule has 0 radical (unpaired) electrons. The molecule has 6 heteroatoms. The zero-order valence-corrected chi connectivity index (χ0v) is 14.0. The van der Waals surface area contributed by atoms with Gasteiger partial charge in [-0.05, 0) is 49.8 Å². The molecule has 0 amide bonds. The summed E-state index contributed by atoms with van der Waals surface area (Å²) in [7, 11) is 0. The molecule has 21 heavy (non-hydrogen) atoms. The standard InChI is InChI=1S/C15H19BrF3NS/c16-14-4-2-1-3-12(14)9-11(10-20-13-5-6-13)7-8-21-15(17,18)19/h1-4,11,13,20H,5-10H2. The Kier molecular flexibility index (Phi) is 6.44. The molecule has 1 fully saturated rings. The molecule has 0 bridgehead atoms. The molecular formula is C15H19BrF3NS. The lowest BCUT2D eigenvalue weighted by molar-refractivity contribution is -0.0328. The molecule has 1 aromatic rings. The minimum Gasteiger partial charge on any atom is -0.314 e. The zero-order chi connectivity index (χ0) is 15.3. The number of thioether (sulfide) groups is 1. The van der Waals surface area contributed by atoms with E-state index in [1.165, 1.54) is 12.8 Å². The van der Waals surface area contributed by atoms with Crippen molar-refractivity contribution in [1.82, 2.24) is 5.32 Å². The topological polar surface area (TPSA) is 12.0 Å². The van der Waals surface area contributed by atoms with Crippen LogP contribution in [0, 0.1) is 5.92 Å². The molecule has 1 aromatic carbocycles. The van der Waals surface area contributed by atoms with Crippen molar-refractivity contribution < 1.29 is 13.2 Å². The van der Waals surface area contributed by atoms with Crippen molar-refractivity contribution in [2.45, 2.75) is 37.2 Å². The van der Waals surface area contributed by atoms with Gasteiger partial charge in [-0.3, -0.25) is 0 Å². The van der Waals surface area contributed by atoms with Crippen LogP contribution in [-0.4, -0.2) is 23.8 Å². The number of rotatable bonds is 8. The SMILES string of the molecule is FC(F)(F)SCCC(CNC1CC1)Cc1ccccc1Br.